The Hall–Kier alpha value is -0.414. The minimum atomic E-state index is -4.48. The molecule has 160 valence electrons. The number of hydrogen-bond acceptors (Lipinski definition) is 4. The van der Waals surface area contributed by atoms with Crippen LogP contribution in [0.15, 0.2) is 47.4 Å². The van der Waals surface area contributed by atoms with Gasteiger partial charge in [-0.25, -0.2) is 0 Å². The van der Waals surface area contributed by atoms with E-state index in [2.05, 4.69) is 6.92 Å². The van der Waals surface area contributed by atoms with Gasteiger partial charge in [0.15, 0.2) is 0 Å². The summed E-state index contributed by atoms with van der Waals surface area (Å²) in [6.45, 7) is 2.21. The summed E-state index contributed by atoms with van der Waals surface area (Å²) in [6.07, 6.45) is 11.1. The topological polar surface area (TPSA) is 86.7 Å². The molecular formula is C23H31KO5S. The van der Waals surface area contributed by atoms with Gasteiger partial charge in [-0.15, -0.1) is 5.75 Å². The summed E-state index contributed by atoms with van der Waals surface area (Å²) in [5.41, 5.74) is 0.448. The van der Waals surface area contributed by atoms with Crippen LogP contribution >= 0.6 is 0 Å². The molecule has 1 N–H and O–H groups in total. The van der Waals surface area contributed by atoms with E-state index < -0.39 is 20.8 Å². The van der Waals surface area contributed by atoms with Crippen molar-refractivity contribution in [1.82, 2.24) is 0 Å². The number of benzene rings is 2. The van der Waals surface area contributed by atoms with E-state index in [-0.39, 0.29) is 57.1 Å². The van der Waals surface area contributed by atoms with Gasteiger partial charge in [-0.1, -0.05) is 76.5 Å². The Kier molecular flexibility index (Phi) is 13.5. The molecule has 2 aromatic rings. The zero-order valence-electron chi connectivity index (χ0n) is 18.1. The molecule has 0 radical (unpaired) electrons. The Balaban J connectivity index is 0.00000450. The van der Waals surface area contributed by atoms with E-state index >= 15 is 0 Å². The smallest absolute Gasteiger partial charge is 0.872 e. The Morgan fingerprint density at radius 2 is 1.47 bits per heavy atom. The molecule has 0 aliphatic rings. The van der Waals surface area contributed by atoms with E-state index in [0.717, 1.165) is 25.3 Å². The van der Waals surface area contributed by atoms with Crippen LogP contribution in [0.5, 0.6) is 17.2 Å². The van der Waals surface area contributed by atoms with Gasteiger partial charge in [-0.2, -0.15) is 8.42 Å². The van der Waals surface area contributed by atoms with Gasteiger partial charge in [0.25, 0.3) is 10.1 Å². The average molecular weight is 459 g/mol. The fourth-order valence-electron chi connectivity index (χ4n) is 3.31. The van der Waals surface area contributed by atoms with Gasteiger partial charge < -0.3 is 9.84 Å². The molecular weight excluding hydrogens is 427 g/mol. The van der Waals surface area contributed by atoms with Gasteiger partial charge >= 0.3 is 51.4 Å². The maximum atomic E-state index is 12.5. The molecule has 0 atom stereocenters. The molecule has 2 aromatic carbocycles. The third-order valence-electron chi connectivity index (χ3n) is 4.94. The predicted octanol–water partition coefficient (Wildman–Crippen LogP) is 2.88. The maximum absolute atomic E-state index is 12.5. The second-order valence-corrected chi connectivity index (χ2v) is 8.79. The first kappa shape index (κ1) is 27.6. The first-order chi connectivity index (χ1) is 13.9. The minimum absolute atomic E-state index is 0. The summed E-state index contributed by atoms with van der Waals surface area (Å²) >= 11 is 0. The van der Waals surface area contributed by atoms with Crippen molar-refractivity contribution in [1.29, 1.82) is 0 Å². The fourth-order valence-corrected chi connectivity index (χ4v) is 3.82. The van der Waals surface area contributed by atoms with Gasteiger partial charge in [0.2, 0.25) is 0 Å². The van der Waals surface area contributed by atoms with Crippen molar-refractivity contribution in [3.63, 3.8) is 0 Å². The summed E-state index contributed by atoms with van der Waals surface area (Å²) < 4.78 is 38.1. The number of rotatable bonds is 13. The van der Waals surface area contributed by atoms with Crippen LogP contribution in [0.1, 0.15) is 70.3 Å². The van der Waals surface area contributed by atoms with Crippen molar-refractivity contribution < 1.29 is 74.2 Å². The second-order valence-electron chi connectivity index (χ2n) is 7.37. The zero-order chi connectivity index (χ0) is 21.1. The predicted molar refractivity (Wildman–Crippen MR) is 113 cm³/mol. The molecule has 0 amide bonds. The van der Waals surface area contributed by atoms with E-state index in [0.29, 0.717) is 17.7 Å². The Morgan fingerprint density at radius 1 is 0.900 bits per heavy atom. The van der Waals surface area contributed by atoms with Gasteiger partial charge in [0.05, 0.1) is 4.90 Å². The third-order valence-corrected chi connectivity index (χ3v) is 5.77. The van der Waals surface area contributed by atoms with Gasteiger partial charge in [0, 0.05) is 6.07 Å². The Bertz CT molecular complexity index is 853. The fraction of sp³-hybridized carbons (Fsp3) is 0.478. The molecule has 2 rings (SSSR count). The van der Waals surface area contributed by atoms with Crippen molar-refractivity contribution in [3.05, 3.63) is 48.0 Å². The van der Waals surface area contributed by atoms with Crippen LogP contribution in [-0.4, -0.2) is 13.0 Å². The van der Waals surface area contributed by atoms with E-state index in [1.165, 1.54) is 44.6 Å². The van der Waals surface area contributed by atoms with Gasteiger partial charge in [0.1, 0.15) is 11.5 Å². The molecule has 0 aromatic heterocycles. The summed E-state index contributed by atoms with van der Waals surface area (Å²) in [6, 6.07) is 11.1. The SMILES string of the molecule is CCCCCCCCCCCc1c([O-])cc(S(=O)(=O)O)cc1Oc1ccccc1.[K+]. The molecule has 0 heterocycles. The normalized spacial score (nSPS) is 11.1. The van der Waals surface area contributed by atoms with Crippen LogP contribution < -0.4 is 61.2 Å². The molecule has 0 fully saturated rings. The average Bonchev–Trinajstić information content (AvgIpc) is 2.68. The second kappa shape index (κ2) is 14.6. The summed E-state index contributed by atoms with van der Waals surface area (Å²) in [5, 5.41) is 12.5. The molecule has 0 aliphatic heterocycles. The number of para-hydroxylation sites is 1. The number of hydrogen-bond donors (Lipinski definition) is 1. The van der Waals surface area contributed by atoms with E-state index in [1.54, 1.807) is 24.3 Å². The van der Waals surface area contributed by atoms with E-state index in [4.69, 9.17) is 4.74 Å². The van der Waals surface area contributed by atoms with Crippen molar-refractivity contribution >= 4 is 10.1 Å². The minimum Gasteiger partial charge on any atom is -0.872 e. The van der Waals surface area contributed by atoms with Crippen molar-refractivity contribution in [2.24, 2.45) is 0 Å². The van der Waals surface area contributed by atoms with E-state index in [9.17, 15) is 18.1 Å². The largest absolute Gasteiger partial charge is 1.00 e. The van der Waals surface area contributed by atoms with Gasteiger partial charge in [-0.05, 0) is 36.6 Å². The first-order valence-electron chi connectivity index (χ1n) is 10.5. The molecule has 0 spiro atoms. The van der Waals surface area contributed by atoms with Crippen LogP contribution in [-0.2, 0) is 16.5 Å². The quantitative estimate of drug-likeness (QED) is 0.283. The van der Waals surface area contributed by atoms with Crippen molar-refractivity contribution in [2.45, 2.75) is 76.0 Å². The van der Waals surface area contributed by atoms with Crippen LogP contribution in [0.2, 0.25) is 0 Å². The monoisotopic (exact) mass is 458 g/mol. The number of ether oxygens (including phenoxy) is 1. The number of unbranched alkanes of at least 4 members (excludes halogenated alkanes) is 8. The van der Waals surface area contributed by atoms with Gasteiger partial charge in [-0.3, -0.25) is 4.55 Å². The van der Waals surface area contributed by atoms with Crippen LogP contribution in [0.4, 0.5) is 0 Å². The molecule has 0 saturated carbocycles. The molecule has 0 aliphatic carbocycles. The van der Waals surface area contributed by atoms with Crippen molar-refractivity contribution in [3.8, 4) is 17.2 Å². The van der Waals surface area contributed by atoms with Crippen LogP contribution in [0.3, 0.4) is 0 Å². The summed E-state index contributed by atoms with van der Waals surface area (Å²) in [4.78, 5) is -0.440. The molecule has 0 bridgehead atoms. The standard InChI is InChI=1S/C23H32O5S.K/c1-2-3-4-5-6-7-8-9-13-16-21-22(24)17-20(29(25,26)27)18-23(21)28-19-14-11-10-12-15-19;/h10-12,14-15,17-18,24H,2-9,13,16H2,1H3,(H,25,26,27);/q;+1/p-1. The van der Waals surface area contributed by atoms with Crippen molar-refractivity contribution in [2.75, 3.05) is 0 Å². The first-order valence-corrected chi connectivity index (χ1v) is 11.9. The summed E-state index contributed by atoms with van der Waals surface area (Å²) in [7, 11) is -4.48. The Labute approximate surface area is 223 Å². The molecule has 5 nitrogen and oxygen atoms in total. The maximum Gasteiger partial charge on any atom is 1.00 e. The van der Waals surface area contributed by atoms with Crippen LogP contribution in [0.25, 0.3) is 0 Å². The molecule has 0 unspecified atom stereocenters. The van der Waals surface area contributed by atoms with E-state index in [1.807, 2.05) is 6.07 Å². The molecule has 30 heavy (non-hydrogen) atoms. The third kappa shape index (κ3) is 9.81. The Morgan fingerprint density at radius 3 is 2.03 bits per heavy atom. The molecule has 7 heteroatoms. The summed E-state index contributed by atoms with van der Waals surface area (Å²) in [5.74, 6) is 0.272. The zero-order valence-corrected chi connectivity index (χ0v) is 22.0. The molecule has 0 saturated heterocycles. The van der Waals surface area contributed by atoms with Crippen LogP contribution in [0, 0.1) is 0 Å².